The van der Waals surface area contributed by atoms with Gasteiger partial charge in [-0.15, -0.1) is 0 Å². The Bertz CT molecular complexity index is 770. The zero-order valence-corrected chi connectivity index (χ0v) is 16.2. The number of hydrogen-bond acceptors (Lipinski definition) is 4. The van der Waals surface area contributed by atoms with Gasteiger partial charge in [-0.25, -0.2) is 17.9 Å². The molecule has 0 fully saturated rings. The van der Waals surface area contributed by atoms with E-state index in [1.807, 2.05) is 13.8 Å². The van der Waals surface area contributed by atoms with Crippen molar-refractivity contribution in [1.82, 2.24) is 4.72 Å². The van der Waals surface area contributed by atoms with Crippen LogP contribution in [0.5, 0.6) is 0 Å². The summed E-state index contributed by atoms with van der Waals surface area (Å²) >= 11 is 0. The van der Waals surface area contributed by atoms with Crippen molar-refractivity contribution in [2.45, 2.75) is 50.8 Å². The van der Waals surface area contributed by atoms with Crippen LogP contribution in [-0.4, -0.2) is 32.6 Å². The second kappa shape index (κ2) is 9.19. The van der Waals surface area contributed by atoms with Gasteiger partial charge in [-0.3, -0.25) is 0 Å². The van der Waals surface area contributed by atoms with Gasteiger partial charge in [0.05, 0.1) is 10.5 Å². The second-order valence-electron chi connectivity index (χ2n) is 7.04. The zero-order chi connectivity index (χ0) is 19.2. The zero-order valence-electron chi connectivity index (χ0n) is 15.4. The van der Waals surface area contributed by atoms with Gasteiger partial charge in [0.2, 0.25) is 10.0 Å². The SMILES string of the molecule is CC(C)CNS(=O)(=O)c1ccc(NCCC2=CCCCC2)c(C(=O)O)c1. The Balaban J connectivity index is 2.10. The van der Waals surface area contributed by atoms with E-state index in [9.17, 15) is 18.3 Å². The summed E-state index contributed by atoms with van der Waals surface area (Å²) in [6, 6.07) is 4.19. The molecule has 26 heavy (non-hydrogen) atoms. The van der Waals surface area contributed by atoms with Gasteiger partial charge in [-0.05, 0) is 56.2 Å². The minimum Gasteiger partial charge on any atom is -0.478 e. The van der Waals surface area contributed by atoms with Crippen LogP contribution in [0.1, 0.15) is 56.3 Å². The van der Waals surface area contributed by atoms with Crippen LogP contribution < -0.4 is 10.0 Å². The molecule has 0 amide bonds. The molecule has 1 aliphatic carbocycles. The number of sulfonamides is 1. The number of anilines is 1. The molecular formula is C19H28N2O4S. The van der Waals surface area contributed by atoms with Crippen molar-refractivity contribution >= 4 is 21.7 Å². The maximum absolute atomic E-state index is 12.3. The molecule has 7 heteroatoms. The first-order valence-electron chi connectivity index (χ1n) is 9.08. The van der Waals surface area contributed by atoms with Crippen molar-refractivity contribution in [3.8, 4) is 0 Å². The molecule has 0 bridgehead atoms. The Morgan fingerprint density at radius 3 is 2.65 bits per heavy atom. The average Bonchev–Trinajstić information content (AvgIpc) is 2.61. The molecule has 0 saturated heterocycles. The molecule has 0 spiro atoms. The largest absolute Gasteiger partial charge is 0.478 e. The van der Waals surface area contributed by atoms with Crippen LogP contribution in [0.25, 0.3) is 0 Å². The van der Waals surface area contributed by atoms with E-state index in [-0.39, 0.29) is 16.4 Å². The van der Waals surface area contributed by atoms with E-state index in [4.69, 9.17) is 0 Å². The number of aromatic carboxylic acids is 1. The molecule has 2 rings (SSSR count). The van der Waals surface area contributed by atoms with Crippen LogP contribution in [0, 0.1) is 5.92 Å². The molecule has 6 nitrogen and oxygen atoms in total. The third-order valence-corrected chi connectivity index (χ3v) is 5.78. The monoisotopic (exact) mass is 380 g/mol. The molecule has 1 aromatic carbocycles. The van der Waals surface area contributed by atoms with Gasteiger partial charge in [0.25, 0.3) is 0 Å². The molecule has 3 N–H and O–H groups in total. The minimum atomic E-state index is -3.72. The van der Waals surface area contributed by atoms with Crippen LogP contribution in [0.15, 0.2) is 34.7 Å². The maximum Gasteiger partial charge on any atom is 0.337 e. The first kappa shape index (κ1) is 20.5. The topological polar surface area (TPSA) is 95.5 Å². The van der Waals surface area contributed by atoms with E-state index in [0.717, 1.165) is 19.3 Å². The van der Waals surface area contributed by atoms with Crippen LogP contribution in [0.2, 0.25) is 0 Å². The smallest absolute Gasteiger partial charge is 0.337 e. The van der Waals surface area contributed by atoms with E-state index in [0.29, 0.717) is 18.8 Å². The molecule has 144 valence electrons. The number of hydrogen-bond donors (Lipinski definition) is 3. The van der Waals surface area contributed by atoms with E-state index < -0.39 is 16.0 Å². The van der Waals surface area contributed by atoms with Gasteiger partial charge in [0.1, 0.15) is 0 Å². The number of nitrogens with one attached hydrogen (secondary N) is 2. The third kappa shape index (κ3) is 5.85. The lowest BCUT2D eigenvalue weighted by Gasteiger charge is -2.15. The highest BCUT2D eigenvalue weighted by Crippen LogP contribution is 2.23. The molecule has 0 heterocycles. The van der Waals surface area contributed by atoms with Gasteiger partial charge in [0, 0.05) is 18.8 Å². The molecular weight excluding hydrogens is 352 g/mol. The first-order valence-corrected chi connectivity index (χ1v) is 10.6. The Kier molecular flexibility index (Phi) is 7.23. The quantitative estimate of drug-likeness (QED) is 0.569. The highest BCUT2D eigenvalue weighted by atomic mass is 32.2. The molecule has 0 atom stereocenters. The van der Waals surface area contributed by atoms with Crippen molar-refractivity contribution in [3.63, 3.8) is 0 Å². The van der Waals surface area contributed by atoms with Gasteiger partial charge in [0.15, 0.2) is 0 Å². The fraction of sp³-hybridized carbons (Fsp3) is 0.526. The molecule has 1 aliphatic rings. The number of rotatable bonds is 9. The maximum atomic E-state index is 12.3. The van der Waals surface area contributed by atoms with E-state index in [1.165, 1.54) is 36.6 Å². The normalized spacial score (nSPS) is 15.0. The number of allylic oxidation sites excluding steroid dienone is 1. The Morgan fingerprint density at radius 1 is 1.27 bits per heavy atom. The second-order valence-corrected chi connectivity index (χ2v) is 8.81. The lowest BCUT2D eigenvalue weighted by molar-refractivity contribution is 0.0697. The van der Waals surface area contributed by atoms with Crippen molar-refractivity contribution < 1.29 is 18.3 Å². The fourth-order valence-electron chi connectivity index (χ4n) is 2.87. The lowest BCUT2D eigenvalue weighted by atomic mass is 9.97. The van der Waals surface area contributed by atoms with Crippen molar-refractivity contribution in [2.24, 2.45) is 5.92 Å². The molecule has 1 aromatic rings. The third-order valence-electron chi connectivity index (χ3n) is 4.36. The molecule has 0 radical (unpaired) electrons. The van der Waals surface area contributed by atoms with Crippen molar-refractivity contribution in [1.29, 1.82) is 0 Å². The summed E-state index contributed by atoms with van der Waals surface area (Å²) in [7, 11) is -3.72. The Morgan fingerprint density at radius 2 is 2.04 bits per heavy atom. The minimum absolute atomic E-state index is 0.0314. The predicted octanol–water partition coefficient (Wildman–Crippen LogP) is 3.62. The summed E-state index contributed by atoms with van der Waals surface area (Å²) in [5, 5.41) is 12.6. The summed E-state index contributed by atoms with van der Waals surface area (Å²) < 4.78 is 27.1. The lowest BCUT2D eigenvalue weighted by Crippen LogP contribution is -2.27. The van der Waals surface area contributed by atoms with Gasteiger partial charge < -0.3 is 10.4 Å². The molecule has 0 aliphatic heterocycles. The summed E-state index contributed by atoms with van der Waals surface area (Å²) in [5.41, 5.74) is 1.81. The summed E-state index contributed by atoms with van der Waals surface area (Å²) in [6.45, 7) is 4.74. The summed E-state index contributed by atoms with van der Waals surface area (Å²) in [4.78, 5) is 11.5. The summed E-state index contributed by atoms with van der Waals surface area (Å²) in [5.74, 6) is -0.982. The van der Waals surface area contributed by atoms with E-state index in [2.05, 4.69) is 16.1 Å². The van der Waals surface area contributed by atoms with Crippen LogP contribution in [-0.2, 0) is 10.0 Å². The standard InChI is InChI=1S/C19H28N2O4S/c1-14(2)13-21-26(24,25)16-8-9-18(17(12-16)19(22)23)20-11-10-15-6-4-3-5-7-15/h6,8-9,12,14,20-21H,3-5,7,10-11,13H2,1-2H3,(H,22,23). The van der Waals surface area contributed by atoms with Gasteiger partial charge >= 0.3 is 5.97 Å². The highest BCUT2D eigenvalue weighted by molar-refractivity contribution is 7.89. The molecule has 0 aromatic heterocycles. The Labute approximate surface area is 155 Å². The number of carbonyl (C=O) groups is 1. The number of benzene rings is 1. The van der Waals surface area contributed by atoms with Crippen molar-refractivity contribution in [3.05, 3.63) is 35.4 Å². The fourth-order valence-corrected chi connectivity index (χ4v) is 4.11. The van der Waals surface area contributed by atoms with E-state index in [1.54, 1.807) is 0 Å². The Hall–Kier alpha value is -1.86. The first-order chi connectivity index (χ1) is 12.3. The predicted molar refractivity (Wildman–Crippen MR) is 103 cm³/mol. The number of carboxylic acids is 1. The molecule has 0 unspecified atom stereocenters. The van der Waals surface area contributed by atoms with Gasteiger partial charge in [-0.1, -0.05) is 25.5 Å². The van der Waals surface area contributed by atoms with Crippen LogP contribution in [0.4, 0.5) is 5.69 Å². The van der Waals surface area contributed by atoms with Crippen molar-refractivity contribution in [2.75, 3.05) is 18.4 Å². The van der Waals surface area contributed by atoms with Crippen LogP contribution >= 0.6 is 0 Å². The molecule has 0 saturated carbocycles. The van der Waals surface area contributed by atoms with E-state index >= 15 is 0 Å². The summed E-state index contributed by atoms with van der Waals surface area (Å²) in [6.07, 6.45) is 7.80. The van der Waals surface area contributed by atoms with Crippen LogP contribution in [0.3, 0.4) is 0 Å². The number of carboxylic acid groups (broad SMARTS) is 1. The highest BCUT2D eigenvalue weighted by Gasteiger charge is 2.19. The average molecular weight is 381 g/mol. The van der Waals surface area contributed by atoms with Gasteiger partial charge in [-0.2, -0.15) is 0 Å².